The van der Waals surface area contributed by atoms with E-state index in [0.29, 0.717) is 6.61 Å². The van der Waals surface area contributed by atoms with Gasteiger partial charge in [0, 0.05) is 13.1 Å². The highest BCUT2D eigenvalue weighted by molar-refractivity contribution is 5.82. The smallest absolute Gasteiger partial charge is 0.148 e. The fourth-order valence-corrected chi connectivity index (χ4v) is 7.84. The van der Waals surface area contributed by atoms with Gasteiger partial charge in [0.1, 0.15) is 29.4 Å². The van der Waals surface area contributed by atoms with Gasteiger partial charge in [-0.3, -0.25) is 0 Å². The Labute approximate surface area is 266 Å². The molecule has 0 amide bonds. The molecule has 240 valence electrons. The van der Waals surface area contributed by atoms with Crippen LogP contribution in [-0.4, -0.2) is 65.2 Å². The Kier molecular flexibility index (Phi) is 11.9. The molecular weight excluding hydrogens is 544 g/mol. The van der Waals surface area contributed by atoms with Crippen LogP contribution in [0.25, 0.3) is 11.0 Å². The van der Waals surface area contributed by atoms with Gasteiger partial charge in [0.2, 0.25) is 0 Å². The second kappa shape index (κ2) is 16.7. The van der Waals surface area contributed by atoms with Crippen molar-refractivity contribution in [3.8, 4) is 11.5 Å². The molecule has 6 rings (SSSR count). The number of aromatic nitrogens is 2. The summed E-state index contributed by atoms with van der Waals surface area (Å²) in [6, 6.07) is 16.5. The van der Waals surface area contributed by atoms with E-state index >= 15 is 0 Å². The average Bonchev–Trinajstić information content (AvgIpc) is 3.45. The van der Waals surface area contributed by atoms with E-state index in [-0.39, 0.29) is 0 Å². The van der Waals surface area contributed by atoms with Crippen LogP contribution in [0, 0.1) is 11.8 Å². The molecule has 0 radical (unpaired) electrons. The Bertz CT molecular complexity index is 1240. The number of hydrogen-bond acceptors (Lipinski definition) is 5. The Hall–Kier alpha value is -2.57. The fraction of sp³-hybridized carbons (Fsp3) is 0.658. The monoisotopic (exact) mass is 600 g/mol. The van der Waals surface area contributed by atoms with Gasteiger partial charge in [0.25, 0.3) is 0 Å². The molecule has 1 aromatic heterocycles. The number of imidazole rings is 1. The number of aryl methyl sites for hydroxylation is 1. The first-order chi connectivity index (χ1) is 21.8. The maximum Gasteiger partial charge on any atom is 0.148 e. The Morgan fingerprint density at radius 1 is 0.636 bits per heavy atom. The van der Waals surface area contributed by atoms with E-state index in [1.54, 1.807) is 0 Å². The minimum Gasteiger partial charge on any atom is -0.491 e. The second-order valence-electron chi connectivity index (χ2n) is 13.7. The molecule has 2 aliphatic heterocycles. The summed E-state index contributed by atoms with van der Waals surface area (Å²) in [7, 11) is 0. The topological polar surface area (TPSA) is 42.8 Å². The van der Waals surface area contributed by atoms with Crippen molar-refractivity contribution in [2.45, 2.75) is 103 Å². The molecule has 6 heteroatoms. The zero-order valence-corrected chi connectivity index (χ0v) is 27.1. The van der Waals surface area contributed by atoms with Gasteiger partial charge in [-0.25, -0.2) is 4.98 Å². The van der Waals surface area contributed by atoms with Crippen LogP contribution in [0.3, 0.4) is 0 Å². The number of ether oxygens (including phenoxy) is 2. The number of likely N-dealkylation sites (tertiary alicyclic amines) is 2. The molecule has 0 bridgehead atoms. The molecule has 2 aromatic carbocycles. The van der Waals surface area contributed by atoms with E-state index in [1.165, 1.54) is 122 Å². The lowest BCUT2D eigenvalue weighted by Crippen LogP contribution is -2.35. The minimum atomic E-state index is 0.465. The van der Waals surface area contributed by atoms with Crippen LogP contribution in [0.5, 0.6) is 11.5 Å². The molecule has 2 saturated heterocycles. The summed E-state index contributed by atoms with van der Waals surface area (Å²) < 4.78 is 15.0. The van der Waals surface area contributed by atoms with Crippen molar-refractivity contribution in [2.24, 2.45) is 11.8 Å². The highest BCUT2D eigenvalue weighted by Gasteiger charge is 2.22. The van der Waals surface area contributed by atoms with Crippen LogP contribution < -0.4 is 9.47 Å². The minimum absolute atomic E-state index is 0.465. The second-order valence-corrected chi connectivity index (χ2v) is 13.7. The molecule has 0 N–H and O–H groups in total. The number of fused-ring (bicyclic) bond motifs is 1. The summed E-state index contributed by atoms with van der Waals surface area (Å²) in [5, 5.41) is 0. The van der Waals surface area contributed by atoms with Crippen LogP contribution in [0.1, 0.15) is 95.7 Å². The molecule has 0 spiro atoms. The van der Waals surface area contributed by atoms with Crippen LogP contribution in [0.15, 0.2) is 48.5 Å². The molecule has 44 heavy (non-hydrogen) atoms. The van der Waals surface area contributed by atoms with Gasteiger partial charge in [-0.05, 0) is 120 Å². The van der Waals surface area contributed by atoms with Crippen molar-refractivity contribution >= 4 is 11.0 Å². The van der Waals surface area contributed by atoms with Gasteiger partial charge in [0.15, 0.2) is 0 Å². The maximum atomic E-state index is 6.36. The number of piperidine rings is 2. The molecule has 1 aliphatic carbocycles. The van der Waals surface area contributed by atoms with Gasteiger partial charge in [-0.2, -0.15) is 0 Å². The maximum absolute atomic E-state index is 6.36. The SMILES string of the molecule is c1ccc(OCc2nc3c(OCCCN4CCCCC4)cccc3n2CCCC2CCN(CCC3CCCCC3)CC2)cc1. The van der Waals surface area contributed by atoms with Gasteiger partial charge in [-0.15, -0.1) is 0 Å². The third-order valence-corrected chi connectivity index (χ3v) is 10.5. The predicted molar refractivity (Wildman–Crippen MR) is 180 cm³/mol. The highest BCUT2D eigenvalue weighted by atomic mass is 16.5. The van der Waals surface area contributed by atoms with Gasteiger partial charge in [0.05, 0.1) is 12.1 Å². The van der Waals surface area contributed by atoms with Gasteiger partial charge in [-0.1, -0.05) is 62.8 Å². The fourth-order valence-electron chi connectivity index (χ4n) is 7.84. The lowest BCUT2D eigenvalue weighted by molar-refractivity contribution is 0.161. The van der Waals surface area contributed by atoms with Crippen molar-refractivity contribution in [1.82, 2.24) is 19.4 Å². The lowest BCUT2D eigenvalue weighted by Gasteiger charge is -2.33. The summed E-state index contributed by atoms with van der Waals surface area (Å²) >= 11 is 0. The number of rotatable bonds is 15. The van der Waals surface area contributed by atoms with E-state index in [1.807, 2.05) is 30.3 Å². The number of benzene rings is 2. The lowest BCUT2D eigenvalue weighted by atomic mass is 9.86. The first kappa shape index (κ1) is 31.4. The Morgan fingerprint density at radius 3 is 2.20 bits per heavy atom. The number of hydrogen-bond donors (Lipinski definition) is 0. The normalized spacial score (nSPS) is 19.5. The zero-order valence-electron chi connectivity index (χ0n) is 27.1. The summed E-state index contributed by atoms with van der Waals surface area (Å²) in [6.07, 6.45) is 19.1. The molecule has 3 heterocycles. The summed E-state index contributed by atoms with van der Waals surface area (Å²) in [5.41, 5.74) is 2.14. The molecular formula is C38H56N4O2. The third-order valence-electron chi connectivity index (χ3n) is 10.5. The Balaban J connectivity index is 1.03. The van der Waals surface area contributed by atoms with E-state index < -0.39 is 0 Å². The van der Waals surface area contributed by atoms with Gasteiger partial charge >= 0.3 is 0 Å². The highest BCUT2D eigenvalue weighted by Crippen LogP contribution is 2.30. The molecule has 3 aliphatic rings. The van der Waals surface area contributed by atoms with E-state index in [4.69, 9.17) is 14.5 Å². The summed E-state index contributed by atoms with van der Waals surface area (Å²) in [4.78, 5) is 10.5. The largest absolute Gasteiger partial charge is 0.491 e. The van der Waals surface area contributed by atoms with Crippen molar-refractivity contribution in [1.29, 1.82) is 0 Å². The van der Waals surface area contributed by atoms with Crippen molar-refractivity contribution < 1.29 is 9.47 Å². The van der Waals surface area contributed by atoms with Crippen LogP contribution in [-0.2, 0) is 13.2 Å². The number of para-hydroxylation sites is 2. The van der Waals surface area contributed by atoms with Crippen molar-refractivity contribution in [2.75, 3.05) is 45.9 Å². The van der Waals surface area contributed by atoms with E-state index in [9.17, 15) is 0 Å². The number of nitrogens with zero attached hydrogens (tertiary/aromatic N) is 4. The van der Waals surface area contributed by atoms with Crippen LogP contribution >= 0.6 is 0 Å². The molecule has 0 unspecified atom stereocenters. The van der Waals surface area contributed by atoms with Crippen LogP contribution in [0.4, 0.5) is 0 Å². The predicted octanol–water partition coefficient (Wildman–Crippen LogP) is 8.33. The molecule has 6 nitrogen and oxygen atoms in total. The van der Waals surface area contributed by atoms with Crippen molar-refractivity contribution in [3.63, 3.8) is 0 Å². The summed E-state index contributed by atoms with van der Waals surface area (Å²) in [5.74, 6) is 4.62. The molecule has 0 atom stereocenters. The molecule has 3 aromatic rings. The zero-order chi connectivity index (χ0) is 29.8. The standard InChI is InChI=1S/C38H56N4O2/c1-4-13-32(14-5-1)20-27-41-28-21-33(22-29-41)15-11-26-42-35-18-10-19-36(43-30-12-25-40-23-8-3-9-24-40)38(35)39-37(42)31-44-34-16-6-2-7-17-34/h2,6-7,10,16-19,32-33H,1,3-5,8-9,11-15,20-31H2. The quantitative estimate of drug-likeness (QED) is 0.164. The third kappa shape index (κ3) is 9.00. The first-order valence-corrected chi connectivity index (χ1v) is 18.1. The average molecular weight is 601 g/mol. The first-order valence-electron chi connectivity index (χ1n) is 18.1. The molecule has 1 saturated carbocycles. The van der Waals surface area contributed by atoms with E-state index in [2.05, 4.69) is 32.6 Å². The molecule has 3 fully saturated rings. The van der Waals surface area contributed by atoms with E-state index in [0.717, 1.165) is 60.8 Å². The summed E-state index contributed by atoms with van der Waals surface area (Å²) in [6.45, 7) is 9.69. The van der Waals surface area contributed by atoms with Gasteiger partial charge < -0.3 is 23.8 Å². The van der Waals surface area contributed by atoms with Crippen molar-refractivity contribution in [3.05, 3.63) is 54.4 Å². The Morgan fingerprint density at radius 2 is 1.39 bits per heavy atom. The van der Waals surface area contributed by atoms with Crippen LogP contribution in [0.2, 0.25) is 0 Å².